The van der Waals surface area contributed by atoms with Crippen LogP contribution in [0.5, 0.6) is 0 Å². The Morgan fingerprint density at radius 3 is 2.12 bits per heavy atom. The van der Waals surface area contributed by atoms with Crippen LogP contribution in [0.2, 0.25) is 0 Å². The third kappa shape index (κ3) is 6.43. The van der Waals surface area contributed by atoms with Gasteiger partial charge in [-0.15, -0.1) is 0 Å². The molecule has 0 atom stereocenters. The minimum absolute atomic E-state index is 0.508. The highest BCUT2D eigenvalue weighted by atomic mass is 16.6. The van der Waals surface area contributed by atoms with E-state index in [0.29, 0.717) is 12.5 Å². The van der Waals surface area contributed by atoms with E-state index in [1.807, 2.05) is 0 Å². The van der Waals surface area contributed by atoms with Gasteiger partial charge in [-0.05, 0) is 33.1 Å². The first-order valence-electron chi connectivity index (χ1n) is 5.62. The van der Waals surface area contributed by atoms with Gasteiger partial charge in [0.1, 0.15) is 5.60 Å². The van der Waals surface area contributed by atoms with E-state index in [4.69, 9.17) is 4.74 Å². The van der Waals surface area contributed by atoms with E-state index in [1.54, 1.807) is 27.8 Å². The molecule has 0 saturated heterocycles. The van der Waals surface area contributed by atoms with Gasteiger partial charge in [-0.3, -0.25) is 4.79 Å². The summed E-state index contributed by atoms with van der Waals surface area (Å²) in [4.78, 5) is 24.4. The first-order chi connectivity index (χ1) is 7.13. The van der Waals surface area contributed by atoms with Crippen molar-refractivity contribution in [3.8, 4) is 0 Å². The van der Waals surface area contributed by atoms with Gasteiger partial charge in [0.15, 0.2) is 0 Å². The molecule has 0 aliphatic rings. The van der Waals surface area contributed by atoms with Crippen molar-refractivity contribution in [2.24, 2.45) is 5.92 Å². The van der Waals surface area contributed by atoms with Crippen LogP contribution in [0.1, 0.15) is 41.0 Å². The lowest BCUT2D eigenvalue weighted by Crippen LogP contribution is -2.39. The second-order valence-corrected chi connectivity index (χ2v) is 5.41. The van der Waals surface area contributed by atoms with Crippen molar-refractivity contribution in [1.29, 1.82) is 0 Å². The summed E-state index contributed by atoms with van der Waals surface area (Å²) in [7, 11) is 1.62. The average Bonchev–Trinajstić information content (AvgIpc) is 2.10. The Hall–Kier alpha value is -1.06. The predicted octanol–water partition coefficient (Wildman–Crippen LogP) is 1.83. The van der Waals surface area contributed by atoms with Gasteiger partial charge >= 0.3 is 11.9 Å². The van der Waals surface area contributed by atoms with Gasteiger partial charge in [0.05, 0.1) is 0 Å². The van der Waals surface area contributed by atoms with E-state index in [-0.39, 0.29) is 0 Å². The molecule has 0 saturated carbocycles. The number of hydrogen-bond acceptors (Lipinski definition) is 3. The van der Waals surface area contributed by atoms with E-state index in [1.165, 1.54) is 4.90 Å². The summed E-state index contributed by atoms with van der Waals surface area (Å²) in [6.45, 7) is 9.96. The summed E-state index contributed by atoms with van der Waals surface area (Å²) in [6, 6.07) is 0. The van der Waals surface area contributed by atoms with Crippen LogP contribution in [0.15, 0.2) is 0 Å². The van der Waals surface area contributed by atoms with E-state index in [2.05, 4.69) is 13.8 Å². The molecule has 0 aliphatic carbocycles. The van der Waals surface area contributed by atoms with Crippen LogP contribution in [0.4, 0.5) is 0 Å². The van der Waals surface area contributed by atoms with Gasteiger partial charge in [0, 0.05) is 13.6 Å². The molecule has 0 bridgehead atoms. The summed E-state index contributed by atoms with van der Waals surface area (Å²) < 4.78 is 5.00. The smallest absolute Gasteiger partial charge is 0.397 e. The SMILES string of the molecule is CC(C)CCN(C)C(=O)C(=O)OC(C)(C)C. The van der Waals surface area contributed by atoms with Crippen molar-refractivity contribution in [1.82, 2.24) is 4.90 Å². The number of nitrogens with zero attached hydrogens (tertiary/aromatic N) is 1. The minimum atomic E-state index is -0.779. The highest BCUT2D eigenvalue weighted by molar-refractivity contribution is 6.32. The molecule has 0 spiro atoms. The number of ether oxygens (including phenoxy) is 1. The molecule has 0 aromatic heterocycles. The number of likely N-dealkylation sites (N-methyl/N-ethyl adjacent to an activating group) is 1. The molecule has 94 valence electrons. The molecule has 0 aromatic rings. The zero-order chi connectivity index (χ0) is 12.9. The number of rotatable bonds is 3. The fraction of sp³-hybridized carbons (Fsp3) is 0.833. The second kappa shape index (κ2) is 5.87. The Bertz CT molecular complexity index is 253. The zero-order valence-corrected chi connectivity index (χ0v) is 11.2. The Kier molecular flexibility index (Phi) is 5.48. The van der Waals surface area contributed by atoms with Crippen LogP contribution in [-0.2, 0) is 14.3 Å². The van der Waals surface area contributed by atoms with Crippen molar-refractivity contribution in [3.05, 3.63) is 0 Å². The fourth-order valence-electron chi connectivity index (χ4n) is 1.03. The van der Waals surface area contributed by atoms with Crippen molar-refractivity contribution in [3.63, 3.8) is 0 Å². The van der Waals surface area contributed by atoms with E-state index in [0.717, 1.165) is 6.42 Å². The molecule has 0 rings (SSSR count). The molecule has 1 amide bonds. The van der Waals surface area contributed by atoms with E-state index >= 15 is 0 Å². The Morgan fingerprint density at radius 1 is 1.25 bits per heavy atom. The zero-order valence-electron chi connectivity index (χ0n) is 11.2. The molecule has 0 unspecified atom stereocenters. The monoisotopic (exact) mass is 229 g/mol. The molecule has 0 aromatic carbocycles. The molecule has 0 radical (unpaired) electrons. The molecule has 16 heavy (non-hydrogen) atoms. The molecule has 0 heterocycles. The quantitative estimate of drug-likeness (QED) is 0.548. The van der Waals surface area contributed by atoms with Crippen molar-refractivity contribution < 1.29 is 14.3 Å². The Morgan fingerprint density at radius 2 is 1.75 bits per heavy atom. The number of carbonyl (C=O) groups is 2. The van der Waals surface area contributed by atoms with Crippen LogP contribution in [0.25, 0.3) is 0 Å². The van der Waals surface area contributed by atoms with Crippen molar-refractivity contribution in [2.75, 3.05) is 13.6 Å². The van der Waals surface area contributed by atoms with Crippen molar-refractivity contribution >= 4 is 11.9 Å². The van der Waals surface area contributed by atoms with Crippen LogP contribution < -0.4 is 0 Å². The molecule has 0 N–H and O–H groups in total. The summed E-state index contributed by atoms with van der Waals surface area (Å²) in [5.41, 5.74) is -0.619. The standard InChI is InChI=1S/C12H23NO3/c1-9(2)7-8-13(6)10(14)11(15)16-12(3,4)5/h9H,7-8H2,1-6H3. The first kappa shape index (κ1) is 14.9. The lowest BCUT2D eigenvalue weighted by Gasteiger charge is -2.22. The lowest BCUT2D eigenvalue weighted by molar-refractivity contribution is -0.167. The van der Waals surface area contributed by atoms with Gasteiger partial charge in [-0.2, -0.15) is 0 Å². The maximum atomic E-state index is 11.6. The second-order valence-electron chi connectivity index (χ2n) is 5.41. The maximum Gasteiger partial charge on any atom is 0.397 e. The Labute approximate surface area is 98.0 Å². The summed E-state index contributed by atoms with van der Waals surface area (Å²) in [5.74, 6) is -0.844. The van der Waals surface area contributed by atoms with Crippen LogP contribution in [-0.4, -0.2) is 36.0 Å². The number of amides is 1. The number of carbonyl (C=O) groups excluding carboxylic acids is 2. The van der Waals surface area contributed by atoms with E-state index in [9.17, 15) is 9.59 Å². The maximum absolute atomic E-state index is 11.6. The molecule has 0 aliphatic heterocycles. The van der Waals surface area contributed by atoms with Crippen LogP contribution in [0, 0.1) is 5.92 Å². The van der Waals surface area contributed by atoms with E-state index < -0.39 is 17.5 Å². The summed E-state index contributed by atoms with van der Waals surface area (Å²) >= 11 is 0. The van der Waals surface area contributed by atoms with Gasteiger partial charge in [0.25, 0.3) is 0 Å². The van der Waals surface area contributed by atoms with Crippen LogP contribution in [0.3, 0.4) is 0 Å². The highest BCUT2D eigenvalue weighted by Crippen LogP contribution is 2.08. The lowest BCUT2D eigenvalue weighted by atomic mass is 10.1. The van der Waals surface area contributed by atoms with Crippen LogP contribution >= 0.6 is 0 Å². The number of esters is 1. The third-order valence-electron chi connectivity index (χ3n) is 1.96. The predicted molar refractivity (Wildman–Crippen MR) is 62.9 cm³/mol. The summed E-state index contributed by atoms with van der Waals surface area (Å²) in [6.07, 6.45) is 0.880. The Balaban J connectivity index is 4.18. The molecule has 4 heteroatoms. The molecule has 4 nitrogen and oxygen atoms in total. The van der Waals surface area contributed by atoms with Gasteiger partial charge < -0.3 is 9.64 Å². The minimum Gasteiger partial charge on any atom is -0.453 e. The first-order valence-corrected chi connectivity index (χ1v) is 5.62. The van der Waals surface area contributed by atoms with Gasteiger partial charge in [-0.25, -0.2) is 4.79 Å². The van der Waals surface area contributed by atoms with Crippen molar-refractivity contribution in [2.45, 2.75) is 46.6 Å². The summed E-state index contributed by atoms with van der Waals surface area (Å²) in [5, 5.41) is 0. The number of hydrogen-bond donors (Lipinski definition) is 0. The molecular formula is C12H23NO3. The van der Waals surface area contributed by atoms with Gasteiger partial charge in [-0.1, -0.05) is 13.8 Å². The largest absolute Gasteiger partial charge is 0.453 e. The fourth-order valence-corrected chi connectivity index (χ4v) is 1.03. The van der Waals surface area contributed by atoms with Gasteiger partial charge in [0.2, 0.25) is 0 Å². The third-order valence-corrected chi connectivity index (χ3v) is 1.96. The normalized spacial score (nSPS) is 11.4. The topological polar surface area (TPSA) is 46.6 Å². The average molecular weight is 229 g/mol. The highest BCUT2D eigenvalue weighted by Gasteiger charge is 2.25. The molecule has 0 fully saturated rings. The molecular weight excluding hydrogens is 206 g/mol.